The van der Waals surface area contributed by atoms with Crippen molar-refractivity contribution in [2.24, 2.45) is 5.41 Å². The van der Waals surface area contributed by atoms with Gasteiger partial charge < -0.3 is 9.97 Å². The van der Waals surface area contributed by atoms with Gasteiger partial charge in [-0.3, -0.25) is 0 Å². The van der Waals surface area contributed by atoms with Crippen LogP contribution in [0, 0.1) is 5.41 Å². The summed E-state index contributed by atoms with van der Waals surface area (Å²) in [4.78, 5) is 16.6. The smallest absolute Gasteiger partial charge is 0.306 e. The fraction of sp³-hybridized carbons (Fsp3) is 0.533. The average molecular weight is 325 g/mol. The molecular formula is C15H23N3O3S. The van der Waals surface area contributed by atoms with Crippen molar-refractivity contribution in [3.05, 3.63) is 28.7 Å². The molecule has 0 atom stereocenters. The molecule has 122 valence electrons. The van der Waals surface area contributed by atoms with Crippen molar-refractivity contribution in [3.63, 3.8) is 0 Å². The fourth-order valence-electron chi connectivity index (χ4n) is 2.96. The number of imidazole rings is 1. The van der Waals surface area contributed by atoms with Crippen molar-refractivity contribution in [1.82, 2.24) is 14.7 Å². The van der Waals surface area contributed by atoms with E-state index in [2.05, 4.69) is 35.5 Å². The van der Waals surface area contributed by atoms with Crippen LogP contribution in [0.3, 0.4) is 0 Å². The molecule has 0 unspecified atom stereocenters. The minimum atomic E-state index is -3.66. The summed E-state index contributed by atoms with van der Waals surface area (Å²) in [5, 5.41) is 0. The standard InChI is InChI=1S/C15H23N3O3S/c1-14(2,3)9-15(4,5)18-22(20,21)10-6-7-11-12(8-10)17-13(19)16-11/h6-8,18H,9H2,1-5H3,(H2,16,17,19). The number of rotatable bonds is 4. The zero-order chi connectivity index (χ0) is 16.8. The first-order valence-corrected chi connectivity index (χ1v) is 8.62. The Morgan fingerprint density at radius 2 is 1.64 bits per heavy atom. The molecule has 0 fully saturated rings. The van der Waals surface area contributed by atoms with Crippen LogP contribution >= 0.6 is 0 Å². The van der Waals surface area contributed by atoms with E-state index in [1.165, 1.54) is 12.1 Å². The third-order valence-electron chi connectivity index (χ3n) is 3.18. The lowest BCUT2D eigenvalue weighted by atomic mass is 9.82. The molecule has 2 rings (SSSR count). The number of hydrogen-bond donors (Lipinski definition) is 3. The lowest BCUT2D eigenvalue weighted by molar-refractivity contribution is 0.269. The highest BCUT2D eigenvalue weighted by Crippen LogP contribution is 2.28. The van der Waals surface area contributed by atoms with Gasteiger partial charge in [-0.2, -0.15) is 0 Å². The molecule has 0 amide bonds. The van der Waals surface area contributed by atoms with E-state index < -0.39 is 15.6 Å². The van der Waals surface area contributed by atoms with Crippen LogP contribution in [0.5, 0.6) is 0 Å². The van der Waals surface area contributed by atoms with Gasteiger partial charge in [0.05, 0.1) is 15.9 Å². The number of sulfonamides is 1. The molecule has 0 aliphatic heterocycles. The second-order valence-electron chi connectivity index (χ2n) is 7.51. The van der Waals surface area contributed by atoms with Gasteiger partial charge in [-0.1, -0.05) is 20.8 Å². The summed E-state index contributed by atoms with van der Waals surface area (Å²) in [5.74, 6) is 0. The largest absolute Gasteiger partial charge is 0.323 e. The number of aromatic amines is 2. The van der Waals surface area contributed by atoms with Crippen LogP contribution < -0.4 is 10.4 Å². The second kappa shape index (κ2) is 5.24. The van der Waals surface area contributed by atoms with Crippen LogP contribution in [0.1, 0.15) is 41.0 Å². The van der Waals surface area contributed by atoms with Crippen LogP contribution in [0.4, 0.5) is 0 Å². The number of H-pyrrole nitrogens is 2. The minimum Gasteiger partial charge on any atom is -0.306 e. The molecule has 3 N–H and O–H groups in total. The van der Waals surface area contributed by atoms with Crippen LogP contribution in [-0.4, -0.2) is 23.9 Å². The molecule has 1 heterocycles. The van der Waals surface area contributed by atoms with Gasteiger partial charge in [-0.05, 0) is 43.9 Å². The van der Waals surface area contributed by atoms with E-state index in [0.29, 0.717) is 17.5 Å². The molecule has 1 aromatic carbocycles. The normalized spacial score (nSPS) is 13.7. The molecule has 0 radical (unpaired) electrons. The Bertz CT molecular complexity index is 839. The molecule has 2 aromatic rings. The van der Waals surface area contributed by atoms with Crippen molar-refractivity contribution < 1.29 is 8.42 Å². The fourth-order valence-corrected chi connectivity index (χ4v) is 4.40. The van der Waals surface area contributed by atoms with E-state index in [1.54, 1.807) is 6.07 Å². The number of nitrogens with one attached hydrogen (secondary N) is 3. The van der Waals surface area contributed by atoms with E-state index >= 15 is 0 Å². The quantitative estimate of drug-likeness (QED) is 0.805. The molecule has 7 heteroatoms. The van der Waals surface area contributed by atoms with E-state index in [0.717, 1.165) is 0 Å². The van der Waals surface area contributed by atoms with Gasteiger partial charge in [0, 0.05) is 5.54 Å². The zero-order valence-electron chi connectivity index (χ0n) is 13.6. The summed E-state index contributed by atoms with van der Waals surface area (Å²) in [7, 11) is -3.66. The average Bonchev–Trinajstić information content (AvgIpc) is 2.62. The Kier molecular flexibility index (Phi) is 3.99. The van der Waals surface area contributed by atoms with Gasteiger partial charge in [-0.25, -0.2) is 17.9 Å². The molecule has 0 saturated heterocycles. The number of benzene rings is 1. The molecule has 22 heavy (non-hydrogen) atoms. The zero-order valence-corrected chi connectivity index (χ0v) is 14.4. The number of hydrogen-bond acceptors (Lipinski definition) is 3. The van der Waals surface area contributed by atoms with Crippen LogP contribution in [0.2, 0.25) is 0 Å². The van der Waals surface area contributed by atoms with Crippen molar-refractivity contribution in [3.8, 4) is 0 Å². The maximum Gasteiger partial charge on any atom is 0.323 e. The second-order valence-corrected chi connectivity index (χ2v) is 9.20. The summed E-state index contributed by atoms with van der Waals surface area (Å²) in [6, 6.07) is 4.53. The van der Waals surface area contributed by atoms with Gasteiger partial charge in [0.1, 0.15) is 0 Å². The molecule has 0 saturated carbocycles. The lowest BCUT2D eigenvalue weighted by Gasteiger charge is -2.32. The summed E-state index contributed by atoms with van der Waals surface area (Å²) in [6.07, 6.45) is 0.697. The number of fused-ring (bicyclic) bond motifs is 1. The molecule has 1 aromatic heterocycles. The number of aromatic nitrogens is 2. The molecule has 6 nitrogen and oxygen atoms in total. The maximum atomic E-state index is 12.6. The Morgan fingerprint density at radius 1 is 1.05 bits per heavy atom. The molecule has 0 spiro atoms. The topological polar surface area (TPSA) is 94.8 Å². The molecule has 0 aliphatic carbocycles. The van der Waals surface area contributed by atoms with E-state index in [4.69, 9.17) is 0 Å². The molecule has 0 bridgehead atoms. The summed E-state index contributed by atoms with van der Waals surface area (Å²) in [6.45, 7) is 9.94. The molecule has 0 aliphatic rings. The predicted octanol–water partition coefficient (Wildman–Crippen LogP) is 2.35. The Balaban J connectivity index is 2.34. The van der Waals surface area contributed by atoms with E-state index in [1.807, 2.05) is 13.8 Å². The van der Waals surface area contributed by atoms with Crippen LogP contribution in [0.25, 0.3) is 11.0 Å². The summed E-state index contributed by atoms with van der Waals surface area (Å²) < 4.78 is 27.9. The van der Waals surface area contributed by atoms with E-state index in [9.17, 15) is 13.2 Å². The van der Waals surface area contributed by atoms with Crippen molar-refractivity contribution >= 4 is 21.1 Å². The minimum absolute atomic E-state index is 0.00183. The lowest BCUT2D eigenvalue weighted by Crippen LogP contribution is -2.45. The third-order valence-corrected chi connectivity index (χ3v) is 4.88. The first-order chi connectivity index (χ1) is 9.88. The third kappa shape index (κ3) is 3.98. The van der Waals surface area contributed by atoms with Crippen molar-refractivity contribution in [1.29, 1.82) is 0 Å². The Morgan fingerprint density at radius 3 is 2.23 bits per heavy atom. The van der Waals surface area contributed by atoms with Crippen molar-refractivity contribution in [2.75, 3.05) is 0 Å². The van der Waals surface area contributed by atoms with E-state index in [-0.39, 0.29) is 16.0 Å². The monoisotopic (exact) mass is 325 g/mol. The van der Waals surface area contributed by atoms with Crippen LogP contribution in [-0.2, 0) is 10.0 Å². The highest BCUT2D eigenvalue weighted by molar-refractivity contribution is 7.89. The van der Waals surface area contributed by atoms with Gasteiger partial charge in [0.2, 0.25) is 10.0 Å². The van der Waals surface area contributed by atoms with Gasteiger partial charge in [0.15, 0.2) is 0 Å². The van der Waals surface area contributed by atoms with Crippen LogP contribution in [0.15, 0.2) is 27.9 Å². The Labute approximate surface area is 130 Å². The first kappa shape index (κ1) is 16.8. The highest BCUT2D eigenvalue weighted by Gasteiger charge is 2.30. The summed E-state index contributed by atoms with van der Waals surface area (Å²) >= 11 is 0. The van der Waals surface area contributed by atoms with Gasteiger partial charge in [-0.15, -0.1) is 0 Å². The summed E-state index contributed by atoms with van der Waals surface area (Å²) in [5.41, 5.74) is 0.129. The predicted molar refractivity (Wildman–Crippen MR) is 87.4 cm³/mol. The highest BCUT2D eigenvalue weighted by atomic mass is 32.2. The SMILES string of the molecule is CC(C)(C)CC(C)(C)NS(=O)(=O)c1ccc2[nH]c(=O)[nH]c2c1. The maximum absolute atomic E-state index is 12.6. The Hall–Kier alpha value is -1.60. The molecular weight excluding hydrogens is 302 g/mol. The van der Waals surface area contributed by atoms with Gasteiger partial charge in [0.25, 0.3) is 0 Å². The van der Waals surface area contributed by atoms with Crippen molar-refractivity contribution in [2.45, 2.75) is 51.5 Å². The van der Waals surface area contributed by atoms with Gasteiger partial charge >= 0.3 is 5.69 Å². The first-order valence-electron chi connectivity index (χ1n) is 7.14.